The van der Waals surface area contributed by atoms with Gasteiger partial charge in [-0.2, -0.15) is 0 Å². The summed E-state index contributed by atoms with van der Waals surface area (Å²) in [6.07, 6.45) is 4.76. The molecule has 0 radical (unpaired) electrons. The first-order valence-corrected chi connectivity index (χ1v) is 5.96. The third-order valence-corrected chi connectivity index (χ3v) is 3.04. The van der Waals surface area contributed by atoms with E-state index in [1.807, 2.05) is 16.8 Å². The molecule has 1 atom stereocenters. The number of hydrogen-bond donors (Lipinski definition) is 1. The standard InChI is InChI=1S/C14H18N2O/c1-12(13-5-3-2-4-6-13)7-8-16-9-14(10-17)15-11-16/h2-6,9,11-12,17H,7-8,10H2,1H3. The molecule has 0 fully saturated rings. The smallest absolute Gasteiger partial charge is 0.0950 e. The summed E-state index contributed by atoms with van der Waals surface area (Å²) >= 11 is 0. The molecule has 17 heavy (non-hydrogen) atoms. The Kier molecular flexibility index (Phi) is 3.94. The Bertz CT molecular complexity index is 450. The quantitative estimate of drug-likeness (QED) is 0.857. The van der Waals surface area contributed by atoms with Gasteiger partial charge in [-0.05, 0) is 17.9 Å². The van der Waals surface area contributed by atoms with E-state index < -0.39 is 0 Å². The number of aromatic nitrogens is 2. The Morgan fingerprint density at radius 3 is 2.71 bits per heavy atom. The van der Waals surface area contributed by atoms with Crippen LogP contribution in [0, 0.1) is 0 Å². The van der Waals surface area contributed by atoms with Crippen LogP contribution in [0.15, 0.2) is 42.9 Å². The lowest BCUT2D eigenvalue weighted by atomic mass is 9.98. The van der Waals surface area contributed by atoms with E-state index in [1.54, 1.807) is 6.33 Å². The van der Waals surface area contributed by atoms with E-state index in [9.17, 15) is 0 Å². The van der Waals surface area contributed by atoms with Gasteiger partial charge in [-0.3, -0.25) is 0 Å². The van der Waals surface area contributed by atoms with Crippen molar-refractivity contribution in [3.05, 3.63) is 54.1 Å². The maximum absolute atomic E-state index is 8.93. The minimum absolute atomic E-state index is 0.0151. The number of aryl methyl sites for hydroxylation is 1. The molecule has 1 unspecified atom stereocenters. The fraction of sp³-hybridized carbons (Fsp3) is 0.357. The summed E-state index contributed by atoms with van der Waals surface area (Å²) in [7, 11) is 0. The molecule has 1 aromatic heterocycles. The highest BCUT2D eigenvalue weighted by Gasteiger charge is 2.05. The van der Waals surface area contributed by atoms with Gasteiger partial charge in [-0.25, -0.2) is 4.98 Å². The molecule has 0 aliphatic carbocycles. The minimum atomic E-state index is 0.0151. The van der Waals surface area contributed by atoms with Crippen molar-refractivity contribution in [1.82, 2.24) is 9.55 Å². The Labute approximate surface area is 102 Å². The van der Waals surface area contributed by atoms with Gasteiger partial charge in [0.05, 0.1) is 18.6 Å². The molecule has 3 heteroatoms. The number of aliphatic hydroxyl groups excluding tert-OH is 1. The van der Waals surface area contributed by atoms with Crippen molar-refractivity contribution in [1.29, 1.82) is 0 Å². The monoisotopic (exact) mass is 230 g/mol. The van der Waals surface area contributed by atoms with Crippen molar-refractivity contribution in [3.63, 3.8) is 0 Å². The summed E-state index contributed by atoms with van der Waals surface area (Å²) in [5.74, 6) is 0.538. The molecule has 1 N–H and O–H groups in total. The molecule has 0 saturated carbocycles. The maximum atomic E-state index is 8.93. The summed E-state index contributed by atoms with van der Waals surface area (Å²) in [5, 5.41) is 8.93. The molecule has 0 amide bonds. The third-order valence-electron chi connectivity index (χ3n) is 3.04. The fourth-order valence-electron chi connectivity index (χ4n) is 1.90. The zero-order valence-electron chi connectivity index (χ0n) is 10.1. The first-order valence-electron chi connectivity index (χ1n) is 5.96. The van der Waals surface area contributed by atoms with Crippen LogP contribution in [0.4, 0.5) is 0 Å². The Balaban J connectivity index is 1.90. The molecule has 0 aliphatic heterocycles. The lowest BCUT2D eigenvalue weighted by Gasteiger charge is -2.11. The van der Waals surface area contributed by atoms with E-state index >= 15 is 0 Å². The van der Waals surface area contributed by atoms with Gasteiger partial charge in [0.25, 0.3) is 0 Å². The lowest BCUT2D eigenvalue weighted by molar-refractivity contribution is 0.277. The molecular formula is C14H18N2O. The molecule has 0 saturated heterocycles. The molecule has 0 bridgehead atoms. The van der Waals surface area contributed by atoms with Crippen LogP contribution in [0.3, 0.4) is 0 Å². The van der Waals surface area contributed by atoms with Gasteiger partial charge >= 0.3 is 0 Å². The second-order valence-corrected chi connectivity index (χ2v) is 4.36. The van der Waals surface area contributed by atoms with Gasteiger partial charge in [0.15, 0.2) is 0 Å². The molecular weight excluding hydrogens is 212 g/mol. The van der Waals surface area contributed by atoms with Crippen LogP contribution in [0.2, 0.25) is 0 Å². The van der Waals surface area contributed by atoms with E-state index in [2.05, 4.69) is 36.2 Å². The van der Waals surface area contributed by atoms with Gasteiger partial charge in [-0.15, -0.1) is 0 Å². The molecule has 90 valence electrons. The van der Waals surface area contributed by atoms with Crippen LogP contribution in [-0.2, 0) is 13.2 Å². The number of nitrogens with zero attached hydrogens (tertiary/aromatic N) is 2. The minimum Gasteiger partial charge on any atom is -0.390 e. The highest BCUT2D eigenvalue weighted by Crippen LogP contribution is 2.19. The first kappa shape index (κ1) is 11.9. The van der Waals surface area contributed by atoms with E-state index in [1.165, 1.54) is 5.56 Å². The Morgan fingerprint density at radius 2 is 2.06 bits per heavy atom. The Hall–Kier alpha value is -1.61. The lowest BCUT2D eigenvalue weighted by Crippen LogP contribution is -2.01. The van der Waals surface area contributed by atoms with E-state index in [-0.39, 0.29) is 6.61 Å². The van der Waals surface area contributed by atoms with Crippen molar-refractivity contribution >= 4 is 0 Å². The average molecular weight is 230 g/mol. The normalized spacial score (nSPS) is 12.6. The van der Waals surface area contributed by atoms with Crippen molar-refractivity contribution in [2.45, 2.75) is 32.4 Å². The van der Waals surface area contributed by atoms with Gasteiger partial charge in [0.2, 0.25) is 0 Å². The van der Waals surface area contributed by atoms with Crippen molar-refractivity contribution in [2.75, 3.05) is 0 Å². The van der Waals surface area contributed by atoms with E-state index in [0.717, 1.165) is 18.7 Å². The van der Waals surface area contributed by atoms with Crippen LogP contribution < -0.4 is 0 Å². The van der Waals surface area contributed by atoms with Gasteiger partial charge < -0.3 is 9.67 Å². The number of hydrogen-bond acceptors (Lipinski definition) is 2. The predicted octanol–water partition coefficient (Wildman–Crippen LogP) is 2.57. The van der Waals surface area contributed by atoms with Gasteiger partial charge in [0.1, 0.15) is 0 Å². The average Bonchev–Trinajstić information content (AvgIpc) is 2.85. The van der Waals surface area contributed by atoms with Crippen LogP contribution in [0.25, 0.3) is 0 Å². The number of benzene rings is 1. The van der Waals surface area contributed by atoms with Crippen molar-refractivity contribution in [3.8, 4) is 0 Å². The number of aliphatic hydroxyl groups is 1. The highest BCUT2D eigenvalue weighted by atomic mass is 16.3. The van der Waals surface area contributed by atoms with E-state index in [4.69, 9.17) is 5.11 Å². The molecule has 0 spiro atoms. The molecule has 3 nitrogen and oxygen atoms in total. The summed E-state index contributed by atoms with van der Waals surface area (Å²) in [4.78, 5) is 4.10. The van der Waals surface area contributed by atoms with Crippen LogP contribution in [0.5, 0.6) is 0 Å². The molecule has 0 aliphatic rings. The molecule has 2 rings (SSSR count). The Morgan fingerprint density at radius 1 is 1.29 bits per heavy atom. The van der Waals surface area contributed by atoms with Crippen molar-refractivity contribution < 1.29 is 5.11 Å². The summed E-state index contributed by atoms with van der Waals surface area (Å²) in [6, 6.07) is 10.5. The van der Waals surface area contributed by atoms with Crippen LogP contribution in [0.1, 0.15) is 30.5 Å². The van der Waals surface area contributed by atoms with Crippen molar-refractivity contribution in [2.24, 2.45) is 0 Å². The summed E-state index contributed by atoms with van der Waals surface area (Å²) in [5.41, 5.74) is 2.10. The number of rotatable bonds is 5. The second kappa shape index (κ2) is 5.64. The first-order chi connectivity index (χ1) is 8.29. The zero-order chi connectivity index (χ0) is 12.1. The third kappa shape index (κ3) is 3.17. The maximum Gasteiger partial charge on any atom is 0.0950 e. The predicted molar refractivity (Wildman–Crippen MR) is 67.6 cm³/mol. The number of imidazole rings is 1. The zero-order valence-corrected chi connectivity index (χ0v) is 10.1. The fourth-order valence-corrected chi connectivity index (χ4v) is 1.90. The van der Waals surface area contributed by atoms with Gasteiger partial charge in [-0.1, -0.05) is 37.3 Å². The van der Waals surface area contributed by atoms with Crippen LogP contribution >= 0.6 is 0 Å². The van der Waals surface area contributed by atoms with Crippen LogP contribution in [-0.4, -0.2) is 14.7 Å². The molecule has 1 heterocycles. The molecule has 1 aromatic carbocycles. The summed E-state index contributed by atoms with van der Waals surface area (Å²) in [6.45, 7) is 3.18. The van der Waals surface area contributed by atoms with E-state index in [0.29, 0.717) is 5.92 Å². The van der Waals surface area contributed by atoms with Gasteiger partial charge in [0, 0.05) is 12.7 Å². The SMILES string of the molecule is CC(CCn1cnc(CO)c1)c1ccccc1. The topological polar surface area (TPSA) is 38.0 Å². The highest BCUT2D eigenvalue weighted by molar-refractivity contribution is 5.18. The summed E-state index contributed by atoms with van der Waals surface area (Å²) < 4.78 is 2.03. The molecule has 2 aromatic rings. The largest absolute Gasteiger partial charge is 0.390 e. The second-order valence-electron chi connectivity index (χ2n) is 4.36.